The lowest BCUT2D eigenvalue weighted by molar-refractivity contribution is -0.123. The molecule has 0 saturated carbocycles. The van der Waals surface area contributed by atoms with Crippen molar-refractivity contribution in [1.82, 2.24) is 5.32 Å². The number of ketones is 1. The topological polar surface area (TPSA) is 64.6 Å². The van der Waals surface area contributed by atoms with Crippen molar-refractivity contribution < 1.29 is 19.1 Å². The van der Waals surface area contributed by atoms with Gasteiger partial charge in [0.05, 0.1) is 17.7 Å². The molecule has 0 unspecified atom stereocenters. The summed E-state index contributed by atoms with van der Waals surface area (Å²) in [5.74, 6) is 0.306. The fourth-order valence-corrected chi connectivity index (χ4v) is 2.65. The maximum atomic E-state index is 12.0. The molecule has 2 aromatic carbocycles. The molecule has 0 aliphatic carbocycles. The van der Waals surface area contributed by atoms with Gasteiger partial charge in [-0.2, -0.15) is 0 Å². The first kappa shape index (κ1) is 19.1. The number of hydrogen-bond donors (Lipinski definition) is 1. The molecule has 0 aromatic heterocycles. The third kappa shape index (κ3) is 5.37. The Hall–Kier alpha value is -2.24. The van der Waals surface area contributed by atoms with Crippen LogP contribution in [-0.2, 0) is 11.3 Å². The Morgan fingerprint density at radius 3 is 2.40 bits per heavy atom. The van der Waals surface area contributed by atoms with Crippen molar-refractivity contribution in [1.29, 1.82) is 0 Å². The molecule has 2 rings (SSSR count). The van der Waals surface area contributed by atoms with Gasteiger partial charge in [-0.05, 0) is 36.8 Å². The summed E-state index contributed by atoms with van der Waals surface area (Å²) in [6, 6.07) is 10.2. The zero-order chi connectivity index (χ0) is 18.4. The van der Waals surface area contributed by atoms with Gasteiger partial charge in [0.2, 0.25) is 0 Å². The van der Waals surface area contributed by atoms with E-state index >= 15 is 0 Å². The molecule has 1 N–H and O–H groups in total. The summed E-state index contributed by atoms with van der Waals surface area (Å²) in [6.45, 7) is 1.45. The van der Waals surface area contributed by atoms with Crippen LogP contribution in [0.25, 0.3) is 0 Å². The molecule has 0 saturated heterocycles. The molecule has 0 radical (unpaired) electrons. The van der Waals surface area contributed by atoms with E-state index in [2.05, 4.69) is 5.32 Å². The Balaban J connectivity index is 1.94. The Labute approximate surface area is 155 Å². The van der Waals surface area contributed by atoms with Gasteiger partial charge in [0.15, 0.2) is 12.4 Å². The van der Waals surface area contributed by atoms with E-state index in [1.54, 1.807) is 7.11 Å². The second-order valence-corrected chi connectivity index (χ2v) is 6.08. The smallest absolute Gasteiger partial charge is 0.258 e. The highest BCUT2D eigenvalue weighted by molar-refractivity contribution is 6.36. The second-order valence-electron chi connectivity index (χ2n) is 5.23. The lowest BCUT2D eigenvalue weighted by Crippen LogP contribution is -2.28. The lowest BCUT2D eigenvalue weighted by atomic mass is 10.1. The second kappa shape index (κ2) is 8.74. The third-order valence-corrected chi connectivity index (χ3v) is 3.88. The molecule has 5 nitrogen and oxygen atoms in total. The maximum Gasteiger partial charge on any atom is 0.258 e. The number of nitrogens with one attached hydrogen (secondary N) is 1. The predicted octanol–water partition coefficient (Wildman–Crippen LogP) is 3.90. The molecular formula is C18H17Cl2NO4. The number of carbonyl (C=O) groups is 2. The first-order chi connectivity index (χ1) is 11.9. The molecule has 0 aliphatic rings. The Bertz CT molecular complexity index is 775. The van der Waals surface area contributed by atoms with Crippen LogP contribution < -0.4 is 14.8 Å². The van der Waals surface area contributed by atoms with Crippen molar-refractivity contribution in [3.05, 3.63) is 57.6 Å². The van der Waals surface area contributed by atoms with Crippen LogP contribution in [0.15, 0.2) is 36.4 Å². The zero-order valence-corrected chi connectivity index (χ0v) is 15.3. The van der Waals surface area contributed by atoms with Crippen molar-refractivity contribution in [2.45, 2.75) is 13.5 Å². The molecule has 25 heavy (non-hydrogen) atoms. The van der Waals surface area contributed by atoms with Crippen molar-refractivity contribution in [2.24, 2.45) is 0 Å². The van der Waals surface area contributed by atoms with Crippen LogP contribution in [0.4, 0.5) is 0 Å². The molecule has 0 atom stereocenters. The number of carbonyl (C=O) groups excluding carboxylic acids is 2. The van der Waals surface area contributed by atoms with Gasteiger partial charge in [-0.15, -0.1) is 0 Å². The van der Waals surface area contributed by atoms with Gasteiger partial charge in [-0.25, -0.2) is 0 Å². The quantitative estimate of drug-likeness (QED) is 0.738. The number of ether oxygens (including phenoxy) is 2. The average molecular weight is 382 g/mol. The summed E-state index contributed by atoms with van der Waals surface area (Å²) < 4.78 is 10.5. The van der Waals surface area contributed by atoms with Crippen molar-refractivity contribution in [3.63, 3.8) is 0 Å². The summed E-state index contributed by atoms with van der Waals surface area (Å²) in [6.07, 6.45) is 0. The van der Waals surface area contributed by atoms with Crippen molar-refractivity contribution >= 4 is 34.9 Å². The Morgan fingerprint density at radius 2 is 1.80 bits per heavy atom. The third-order valence-electron chi connectivity index (χ3n) is 3.38. The minimum atomic E-state index is -0.337. The fourth-order valence-electron chi connectivity index (χ4n) is 2.10. The molecule has 132 valence electrons. The number of amides is 1. The Morgan fingerprint density at radius 1 is 1.12 bits per heavy atom. The number of Topliss-reactive ketones (excluding diaryl/α,β-unsaturated/α-hetero) is 1. The lowest BCUT2D eigenvalue weighted by Gasteiger charge is -2.12. The minimum Gasteiger partial charge on any atom is -0.497 e. The van der Waals surface area contributed by atoms with Crippen LogP contribution in [0.1, 0.15) is 22.8 Å². The molecule has 0 spiro atoms. The van der Waals surface area contributed by atoms with E-state index in [1.807, 2.05) is 24.3 Å². The average Bonchev–Trinajstić information content (AvgIpc) is 2.58. The fraction of sp³-hybridized carbons (Fsp3) is 0.222. The van der Waals surface area contributed by atoms with E-state index in [0.29, 0.717) is 11.6 Å². The Kier molecular flexibility index (Phi) is 6.67. The highest BCUT2D eigenvalue weighted by atomic mass is 35.5. The predicted molar refractivity (Wildman–Crippen MR) is 96.8 cm³/mol. The number of halogens is 2. The first-order valence-corrected chi connectivity index (χ1v) is 8.18. The van der Waals surface area contributed by atoms with Gasteiger partial charge in [-0.1, -0.05) is 35.3 Å². The molecule has 0 heterocycles. The van der Waals surface area contributed by atoms with Gasteiger partial charge >= 0.3 is 0 Å². The molecule has 0 aliphatic heterocycles. The SMILES string of the molecule is COc1ccc(CNC(=O)COc2c(Cl)cc(Cl)cc2C(C)=O)cc1. The molecule has 0 bridgehead atoms. The van der Waals surface area contributed by atoms with Crippen LogP contribution in [0.5, 0.6) is 11.5 Å². The van der Waals surface area contributed by atoms with E-state index in [9.17, 15) is 9.59 Å². The standard InChI is InChI=1S/C18H17Cl2NO4/c1-11(22)15-7-13(19)8-16(20)18(15)25-10-17(23)21-9-12-3-5-14(24-2)6-4-12/h3-8H,9-10H2,1-2H3,(H,21,23). The number of methoxy groups -OCH3 is 1. The van der Waals surface area contributed by atoms with Gasteiger partial charge in [0, 0.05) is 11.6 Å². The van der Waals surface area contributed by atoms with Crippen molar-refractivity contribution in [3.8, 4) is 11.5 Å². The van der Waals surface area contributed by atoms with Crippen LogP contribution in [0.2, 0.25) is 10.0 Å². The highest BCUT2D eigenvalue weighted by Gasteiger charge is 2.15. The van der Waals surface area contributed by atoms with Gasteiger partial charge in [0.1, 0.15) is 11.5 Å². The summed E-state index contributed by atoms with van der Waals surface area (Å²) in [4.78, 5) is 23.6. The van der Waals surface area contributed by atoms with E-state index in [1.165, 1.54) is 19.1 Å². The van der Waals surface area contributed by atoms with E-state index < -0.39 is 0 Å². The van der Waals surface area contributed by atoms with Gasteiger partial charge in [-0.3, -0.25) is 9.59 Å². The zero-order valence-electron chi connectivity index (χ0n) is 13.8. The van der Waals surface area contributed by atoms with E-state index in [0.717, 1.165) is 11.3 Å². The monoisotopic (exact) mass is 381 g/mol. The van der Waals surface area contributed by atoms with E-state index in [-0.39, 0.29) is 34.6 Å². The van der Waals surface area contributed by atoms with Crippen LogP contribution >= 0.6 is 23.2 Å². The molecule has 0 fully saturated rings. The van der Waals surface area contributed by atoms with Crippen LogP contribution in [0.3, 0.4) is 0 Å². The summed E-state index contributed by atoms with van der Waals surface area (Å²) in [5.41, 5.74) is 1.16. The van der Waals surface area contributed by atoms with Crippen molar-refractivity contribution in [2.75, 3.05) is 13.7 Å². The normalized spacial score (nSPS) is 10.2. The molecule has 1 amide bonds. The highest BCUT2D eigenvalue weighted by Crippen LogP contribution is 2.32. The largest absolute Gasteiger partial charge is 0.497 e. The number of benzene rings is 2. The molecular weight excluding hydrogens is 365 g/mol. The summed E-state index contributed by atoms with van der Waals surface area (Å²) in [7, 11) is 1.59. The van der Waals surface area contributed by atoms with Gasteiger partial charge in [0.25, 0.3) is 5.91 Å². The maximum absolute atomic E-state index is 12.0. The van der Waals surface area contributed by atoms with Gasteiger partial charge < -0.3 is 14.8 Å². The van der Waals surface area contributed by atoms with Crippen LogP contribution in [0, 0.1) is 0 Å². The number of hydrogen-bond acceptors (Lipinski definition) is 4. The van der Waals surface area contributed by atoms with Crippen LogP contribution in [-0.4, -0.2) is 25.4 Å². The molecule has 2 aromatic rings. The molecule has 7 heteroatoms. The first-order valence-electron chi connectivity index (χ1n) is 7.43. The number of rotatable bonds is 7. The summed E-state index contributed by atoms with van der Waals surface area (Å²) >= 11 is 11.9. The minimum absolute atomic E-state index is 0.151. The van der Waals surface area contributed by atoms with E-state index in [4.69, 9.17) is 32.7 Å². The summed E-state index contributed by atoms with van der Waals surface area (Å²) in [5, 5.41) is 3.23.